The van der Waals surface area contributed by atoms with Gasteiger partial charge in [0, 0.05) is 10.6 Å². The van der Waals surface area contributed by atoms with Crippen LogP contribution in [0.3, 0.4) is 0 Å². The number of hydrogen-bond acceptors (Lipinski definition) is 2. The van der Waals surface area contributed by atoms with E-state index < -0.39 is 5.97 Å². The van der Waals surface area contributed by atoms with Crippen molar-refractivity contribution in [3.8, 4) is 0 Å². The summed E-state index contributed by atoms with van der Waals surface area (Å²) in [5, 5.41) is 9.26. The molecule has 0 heterocycles. The lowest BCUT2D eigenvalue weighted by molar-refractivity contribution is 0.0697. The van der Waals surface area contributed by atoms with Gasteiger partial charge in [-0.3, -0.25) is 0 Å². The van der Waals surface area contributed by atoms with Crippen molar-refractivity contribution in [3.63, 3.8) is 0 Å². The van der Waals surface area contributed by atoms with Gasteiger partial charge < -0.3 is 5.11 Å². The zero-order valence-electron chi connectivity index (χ0n) is 10.1. The Balaban J connectivity index is 2.72. The predicted octanol–water partition coefficient (Wildman–Crippen LogP) is 4.57. The van der Waals surface area contributed by atoms with Gasteiger partial charge in [0.05, 0.1) is 10.6 Å². The van der Waals surface area contributed by atoms with Crippen molar-refractivity contribution in [2.24, 2.45) is 5.92 Å². The maximum Gasteiger partial charge on any atom is 0.337 e. The molecule has 0 atom stereocenters. The van der Waals surface area contributed by atoms with Crippen molar-refractivity contribution >= 4 is 29.3 Å². The average Bonchev–Trinajstić information content (AvgIpc) is 2.32. The molecule has 0 saturated carbocycles. The highest BCUT2D eigenvalue weighted by Crippen LogP contribution is 2.27. The van der Waals surface area contributed by atoms with E-state index in [0.717, 1.165) is 23.5 Å². The van der Waals surface area contributed by atoms with Gasteiger partial charge in [-0.05, 0) is 24.1 Å². The van der Waals surface area contributed by atoms with Gasteiger partial charge in [0.25, 0.3) is 0 Å². The molecule has 1 aromatic carbocycles. The zero-order valence-corrected chi connectivity index (χ0v) is 11.6. The molecule has 1 N–H and O–H groups in total. The van der Waals surface area contributed by atoms with E-state index in [0.29, 0.717) is 10.9 Å². The zero-order chi connectivity index (χ0) is 12.8. The van der Waals surface area contributed by atoms with Crippen molar-refractivity contribution in [1.29, 1.82) is 0 Å². The molecule has 0 bridgehead atoms. The molecule has 0 fully saturated rings. The molecule has 0 amide bonds. The molecule has 17 heavy (non-hydrogen) atoms. The summed E-state index contributed by atoms with van der Waals surface area (Å²) in [4.78, 5) is 11.9. The minimum atomic E-state index is -0.972. The number of benzene rings is 1. The monoisotopic (exact) mass is 272 g/mol. The van der Waals surface area contributed by atoms with Crippen molar-refractivity contribution in [2.75, 3.05) is 5.75 Å². The molecule has 4 heteroatoms. The third-order valence-electron chi connectivity index (χ3n) is 2.81. The molecule has 0 radical (unpaired) electrons. The number of aromatic carboxylic acids is 1. The van der Waals surface area contributed by atoms with Crippen molar-refractivity contribution < 1.29 is 9.90 Å². The van der Waals surface area contributed by atoms with Gasteiger partial charge in [-0.1, -0.05) is 38.3 Å². The van der Waals surface area contributed by atoms with Crippen LogP contribution in [0.1, 0.15) is 37.0 Å². The van der Waals surface area contributed by atoms with Crippen LogP contribution in [0, 0.1) is 5.92 Å². The molecule has 2 nitrogen and oxygen atoms in total. The molecule has 0 spiro atoms. The Morgan fingerprint density at radius 3 is 2.59 bits per heavy atom. The SMILES string of the molecule is CCC(CC)CSc1ccc(Cl)c(C(=O)O)c1. The van der Waals surface area contributed by atoms with Gasteiger partial charge in [-0.15, -0.1) is 11.8 Å². The first kappa shape index (κ1) is 14.4. The molecule has 94 valence electrons. The van der Waals surface area contributed by atoms with Crippen LogP contribution in [-0.4, -0.2) is 16.8 Å². The molecule has 1 rings (SSSR count). The van der Waals surface area contributed by atoms with Gasteiger partial charge in [0.2, 0.25) is 0 Å². The molecule has 0 unspecified atom stereocenters. The summed E-state index contributed by atoms with van der Waals surface area (Å²) < 4.78 is 0. The largest absolute Gasteiger partial charge is 0.478 e. The van der Waals surface area contributed by atoms with E-state index in [2.05, 4.69) is 13.8 Å². The maximum absolute atomic E-state index is 10.9. The van der Waals surface area contributed by atoms with E-state index in [1.807, 2.05) is 6.07 Å². The fourth-order valence-corrected chi connectivity index (χ4v) is 2.96. The molecule has 0 aliphatic rings. The summed E-state index contributed by atoms with van der Waals surface area (Å²) in [6.07, 6.45) is 2.31. The van der Waals surface area contributed by atoms with Crippen LogP contribution in [0.4, 0.5) is 0 Å². The van der Waals surface area contributed by atoms with Gasteiger partial charge in [-0.25, -0.2) is 4.79 Å². The van der Waals surface area contributed by atoms with Crippen molar-refractivity contribution in [1.82, 2.24) is 0 Å². The second-order valence-corrected chi connectivity index (χ2v) is 5.44. The van der Waals surface area contributed by atoms with Gasteiger partial charge in [0.15, 0.2) is 0 Å². The molecular weight excluding hydrogens is 256 g/mol. The van der Waals surface area contributed by atoms with E-state index >= 15 is 0 Å². The Hall–Kier alpha value is -0.670. The van der Waals surface area contributed by atoms with E-state index in [4.69, 9.17) is 16.7 Å². The highest BCUT2D eigenvalue weighted by molar-refractivity contribution is 7.99. The summed E-state index contributed by atoms with van der Waals surface area (Å²) in [5.74, 6) is 0.733. The first-order valence-electron chi connectivity index (χ1n) is 5.74. The molecule has 0 aromatic heterocycles. The molecule has 0 saturated heterocycles. The fraction of sp³-hybridized carbons (Fsp3) is 0.462. The number of rotatable bonds is 6. The minimum absolute atomic E-state index is 0.182. The number of halogens is 1. The van der Waals surface area contributed by atoms with E-state index in [9.17, 15) is 4.79 Å². The normalized spacial score (nSPS) is 10.8. The third-order valence-corrected chi connectivity index (χ3v) is 4.36. The number of hydrogen-bond donors (Lipinski definition) is 1. The Morgan fingerprint density at radius 2 is 2.06 bits per heavy atom. The Bertz CT molecular complexity index is 389. The molecule has 0 aliphatic carbocycles. The first-order valence-corrected chi connectivity index (χ1v) is 7.10. The fourth-order valence-electron chi connectivity index (χ4n) is 1.50. The van der Waals surface area contributed by atoms with Crippen LogP contribution >= 0.6 is 23.4 Å². The number of carboxylic acid groups (broad SMARTS) is 1. The Labute approximate surface area is 111 Å². The topological polar surface area (TPSA) is 37.3 Å². The smallest absolute Gasteiger partial charge is 0.337 e. The quantitative estimate of drug-likeness (QED) is 0.771. The molecule has 0 aliphatic heterocycles. The first-order chi connectivity index (χ1) is 8.08. The van der Waals surface area contributed by atoms with Crippen LogP contribution in [0.2, 0.25) is 5.02 Å². The van der Waals surface area contributed by atoms with Crippen LogP contribution in [0.5, 0.6) is 0 Å². The summed E-state index contributed by atoms with van der Waals surface area (Å²) >= 11 is 7.51. The summed E-state index contributed by atoms with van der Waals surface area (Å²) in [6.45, 7) is 4.36. The minimum Gasteiger partial charge on any atom is -0.478 e. The van der Waals surface area contributed by atoms with Crippen LogP contribution < -0.4 is 0 Å². The number of carboxylic acids is 1. The highest BCUT2D eigenvalue weighted by Gasteiger charge is 2.10. The Kier molecular flexibility index (Phi) is 5.86. The lowest BCUT2D eigenvalue weighted by Gasteiger charge is -2.11. The van der Waals surface area contributed by atoms with Crippen molar-refractivity contribution in [2.45, 2.75) is 31.6 Å². The lowest BCUT2D eigenvalue weighted by Crippen LogP contribution is -2.01. The van der Waals surface area contributed by atoms with Crippen molar-refractivity contribution in [3.05, 3.63) is 28.8 Å². The molecule has 1 aromatic rings. The number of carbonyl (C=O) groups is 1. The summed E-state index contributed by atoms with van der Waals surface area (Å²) in [5.41, 5.74) is 0.182. The third kappa shape index (κ3) is 4.25. The lowest BCUT2D eigenvalue weighted by atomic mass is 10.1. The van der Waals surface area contributed by atoms with Crippen LogP contribution in [0.15, 0.2) is 23.1 Å². The molecular formula is C13H17ClO2S. The van der Waals surface area contributed by atoms with E-state index in [1.165, 1.54) is 0 Å². The van der Waals surface area contributed by atoms with E-state index in [1.54, 1.807) is 23.9 Å². The second kappa shape index (κ2) is 6.92. The van der Waals surface area contributed by atoms with Gasteiger partial charge in [0.1, 0.15) is 0 Å². The summed E-state index contributed by atoms with van der Waals surface area (Å²) in [7, 11) is 0. The predicted molar refractivity (Wildman–Crippen MR) is 73.2 cm³/mol. The standard InChI is InChI=1S/C13H17ClO2S/c1-3-9(4-2)8-17-10-5-6-12(14)11(7-10)13(15)16/h5-7,9H,3-4,8H2,1-2H3,(H,15,16). The average molecular weight is 273 g/mol. The van der Waals surface area contributed by atoms with Crippen LogP contribution in [0.25, 0.3) is 0 Å². The second-order valence-electron chi connectivity index (χ2n) is 3.94. The number of thioether (sulfide) groups is 1. The van der Waals surface area contributed by atoms with Gasteiger partial charge >= 0.3 is 5.97 Å². The highest BCUT2D eigenvalue weighted by atomic mass is 35.5. The Morgan fingerprint density at radius 1 is 1.41 bits per heavy atom. The van der Waals surface area contributed by atoms with Gasteiger partial charge in [-0.2, -0.15) is 0 Å². The van der Waals surface area contributed by atoms with Crippen LogP contribution in [-0.2, 0) is 0 Å². The maximum atomic E-state index is 10.9. The summed E-state index contributed by atoms with van der Waals surface area (Å²) in [6, 6.07) is 5.18. The van der Waals surface area contributed by atoms with E-state index in [-0.39, 0.29) is 5.56 Å².